The van der Waals surface area contributed by atoms with Gasteiger partial charge in [-0.1, -0.05) is 139 Å². The van der Waals surface area contributed by atoms with Crippen LogP contribution in [0.2, 0.25) is 10.0 Å². The number of rotatable bonds is 20. The minimum Gasteiger partial charge on any atom is -0.481 e. The van der Waals surface area contributed by atoms with E-state index >= 15 is 0 Å². The highest BCUT2D eigenvalue weighted by molar-refractivity contribution is 7.88. The molecule has 0 fully saturated rings. The number of aliphatic carboxylic acids is 1. The van der Waals surface area contributed by atoms with E-state index in [9.17, 15) is 32.5 Å². The topological polar surface area (TPSA) is 135 Å². The molecular formula is C34H46Cl2O8S. The van der Waals surface area contributed by atoms with Crippen LogP contribution in [0.25, 0.3) is 0 Å². The van der Waals surface area contributed by atoms with Crippen LogP contribution in [0.3, 0.4) is 0 Å². The molecule has 0 aliphatic rings. The van der Waals surface area contributed by atoms with Gasteiger partial charge in [0, 0.05) is 21.2 Å². The number of esters is 1. The maximum absolute atomic E-state index is 14.5. The standard InChI is InChI=1S/C34H46Cl2O8S/c1-5-9-14-23(7-3)20-28(32(38)39)34(45(41,42)43,22-24(8-4)15-10-6-2)33(40)44-31(27-19-18-26(35)21-29(27)36)30(37)25-16-12-11-13-17-25/h11-13,16-19,21,23-24,28,31H,5-10,14-15,20,22H2,1-4H3,(H,38,39)(H,41,42,43). The summed E-state index contributed by atoms with van der Waals surface area (Å²) >= 11 is 12.6. The summed E-state index contributed by atoms with van der Waals surface area (Å²) < 4.78 is 41.1. The first-order chi connectivity index (χ1) is 21.3. The van der Waals surface area contributed by atoms with Gasteiger partial charge in [-0.25, -0.2) is 0 Å². The van der Waals surface area contributed by atoms with Crippen molar-refractivity contribution >= 4 is 51.0 Å². The molecular weight excluding hydrogens is 639 g/mol. The number of hydrogen-bond acceptors (Lipinski definition) is 6. The monoisotopic (exact) mass is 684 g/mol. The number of carboxylic acids is 1. The molecule has 0 heterocycles. The van der Waals surface area contributed by atoms with Crippen LogP contribution in [0.1, 0.15) is 114 Å². The van der Waals surface area contributed by atoms with Crippen molar-refractivity contribution in [2.24, 2.45) is 17.8 Å². The van der Waals surface area contributed by atoms with Crippen LogP contribution in [-0.4, -0.2) is 40.5 Å². The van der Waals surface area contributed by atoms with E-state index in [2.05, 4.69) is 0 Å². The van der Waals surface area contributed by atoms with Crippen LogP contribution in [0, 0.1) is 17.8 Å². The van der Waals surface area contributed by atoms with Crippen LogP contribution in [0.15, 0.2) is 48.5 Å². The lowest BCUT2D eigenvalue weighted by Crippen LogP contribution is -2.57. The van der Waals surface area contributed by atoms with E-state index in [-0.39, 0.29) is 33.5 Å². The molecule has 250 valence electrons. The average Bonchev–Trinajstić information content (AvgIpc) is 3.00. The predicted octanol–water partition coefficient (Wildman–Crippen LogP) is 9.00. The molecule has 0 radical (unpaired) electrons. The van der Waals surface area contributed by atoms with Gasteiger partial charge in [0.25, 0.3) is 10.1 Å². The molecule has 5 unspecified atom stereocenters. The molecule has 0 spiro atoms. The van der Waals surface area contributed by atoms with Crippen molar-refractivity contribution in [1.82, 2.24) is 0 Å². The predicted molar refractivity (Wildman–Crippen MR) is 177 cm³/mol. The fourth-order valence-corrected chi connectivity index (χ4v) is 7.64. The van der Waals surface area contributed by atoms with Crippen molar-refractivity contribution in [3.05, 3.63) is 69.7 Å². The highest BCUT2D eigenvalue weighted by Gasteiger charge is 2.61. The summed E-state index contributed by atoms with van der Waals surface area (Å²) in [6.07, 6.45) is 2.82. The molecule has 2 rings (SSSR count). The van der Waals surface area contributed by atoms with E-state index < -0.39 is 56.9 Å². The second kappa shape index (κ2) is 18.0. The number of benzene rings is 2. The Morgan fingerprint density at radius 3 is 1.96 bits per heavy atom. The number of carboxylic acid groups (broad SMARTS) is 1. The van der Waals surface area contributed by atoms with Crippen LogP contribution >= 0.6 is 23.2 Å². The minimum absolute atomic E-state index is 0.0168. The quantitative estimate of drug-likeness (QED) is 0.0801. The minimum atomic E-state index is -5.43. The Labute approximate surface area is 277 Å². The molecule has 0 bridgehead atoms. The summed E-state index contributed by atoms with van der Waals surface area (Å²) in [5.74, 6) is -6.26. The summed E-state index contributed by atoms with van der Waals surface area (Å²) in [6, 6.07) is 12.1. The number of Topliss-reactive ketones (excluding diaryl/α,β-unsaturated/α-hetero) is 1. The van der Waals surface area contributed by atoms with Gasteiger partial charge in [-0.05, 0) is 36.8 Å². The van der Waals surface area contributed by atoms with Crippen molar-refractivity contribution in [2.75, 3.05) is 0 Å². The molecule has 5 atom stereocenters. The SMILES string of the molecule is CCCCC(CC)CC(C(=O)O)C(CC(CC)CCCC)(C(=O)OC(C(=O)c1ccccc1)c1ccc(Cl)cc1Cl)S(=O)(=O)O. The summed E-state index contributed by atoms with van der Waals surface area (Å²) in [7, 11) is -5.43. The highest BCUT2D eigenvalue weighted by atomic mass is 35.5. The molecule has 0 saturated heterocycles. The number of carbonyl (C=O) groups is 3. The molecule has 0 saturated carbocycles. The number of ketones is 1. The zero-order valence-corrected chi connectivity index (χ0v) is 28.8. The number of unbranched alkanes of at least 4 members (excludes halogenated alkanes) is 2. The van der Waals surface area contributed by atoms with Gasteiger partial charge in [0.2, 0.25) is 10.5 Å². The Morgan fingerprint density at radius 2 is 1.47 bits per heavy atom. The molecule has 8 nitrogen and oxygen atoms in total. The van der Waals surface area contributed by atoms with Gasteiger partial charge in [0.05, 0.1) is 5.92 Å². The van der Waals surface area contributed by atoms with E-state index in [1.807, 2.05) is 27.7 Å². The zero-order chi connectivity index (χ0) is 33.8. The Hall–Kier alpha value is -2.46. The van der Waals surface area contributed by atoms with Crippen molar-refractivity contribution in [3.63, 3.8) is 0 Å². The maximum atomic E-state index is 14.5. The maximum Gasteiger partial charge on any atom is 0.332 e. The molecule has 0 amide bonds. The Bertz CT molecular complexity index is 1380. The Balaban J connectivity index is 2.83. The van der Waals surface area contributed by atoms with Crippen molar-refractivity contribution in [1.29, 1.82) is 0 Å². The van der Waals surface area contributed by atoms with Crippen molar-refractivity contribution in [2.45, 2.75) is 103 Å². The summed E-state index contributed by atoms with van der Waals surface area (Å²) in [6.45, 7) is 7.65. The van der Waals surface area contributed by atoms with Crippen LogP contribution in [0.4, 0.5) is 0 Å². The van der Waals surface area contributed by atoms with Gasteiger partial charge in [0.1, 0.15) is 0 Å². The number of carbonyl (C=O) groups excluding carboxylic acids is 2. The van der Waals surface area contributed by atoms with Gasteiger partial charge in [0.15, 0.2) is 6.10 Å². The smallest absolute Gasteiger partial charge is 0.332 e. The average molecular weight is 686 g/mol. The molecule has 0 aliphatic carbocycles. The van der Waals surface area contributed by atoms with E-state index in [1.165, 1.54) is 30.3 Å². The van der Waals surface area contributed by atoms with Crippen LogP contribution in [0.5, 0.6) is 0 Å². The molecule has 45 heavy (non-hydrogen) atoms. The van der Waals surface area contributed by atoms with Gasteiger partial charge in [-0.15, -0.1) is 0 Å². The second-order valence-electron chi connectivity index (χ2n) is 11.7. The first-order valence-corrected chi connectivity index (χ1v) is 17.9. The number of hydrogen-bond donors (Lipinski definition) is 2. The Kier molecular flexibility index (Phi) is 15.5. The highest BCUT2D eigenvalue weighted by Crippen LogP contribution is 2.43. The molecule has 11 heteroatoms. The molecule has 2 N–H and O–H groups in total. The molecule has 0 aliphatic heterocycles. The van der Waals surface area contributed by atoms with E-state index in [4.69, 9.17) is 27.9 Å². The molecule has 2 aromatic carbocycles. The molecule has 0 aromatic heterocycles. The van der Waals surface area contributed by atoms with E-state index in [0.717, 1.165) is 19.3 Å². The zero-order valence-electron chi connectivity index (χ0n) is 26.5. The lowest BCUT2D eigenvalue weighted by molar-refractivity contribution is -0.160. The van der Waals surface area contributed by atoms with Gasteiger partial charge < -0.3 is 9.84 Å². The third-order valence-corrected chi connectivity index (χ3v) is 10.8. The third-order valence-electron chi connectivity index (χ3n) is 8.68. The number of ether oxygens (including phenoxy) is 1. The van der Waals surface area contributed by atoms with Gasteiger partial charge >= 0.3 is 11.9 Å². The molecule has 2 aromatic rings. The van der Waals surface area contributed by atoms with Crippen LogP contribution < -0.4 is 0 Å². The summed E-state index contributed by atoms with van der Waals surface area (Å²) in [5.41, 5.74) is 0.181. The van der Waals surface area contributed by atoms with Crippen molar-refractivity contribution in [3.8, 4) is 0 Å². The lowest BCUT2D eigenvalue weighted by atomic mass is 9.75. The van der Waals surface area contributed by atoms with Gasteiger partial charge in [-0.2, -0.15) is 8.42 Å². The fourth-order valence-electron chi connectivity index (χ4n) is 5.87. The summed E-state index contributed by atoms with van der Waals surface area (Å²) in [5, 5.41) is 10.8. The lowest BCUT2D eigenvalue weighted by Gasteiger charge is -2.38. The summed E-state index contributed by atoms with van der Waals surface area (Å²) in [4.78, 5) is 41.4. The van der Waals surface area contributed by atoms with Crippen LogP contribution in [-0.2, 0) is 24.4 Å². The van der Waals surface area contributed by atoms with E-state index in [0.29, 0.717) is 32.1 Å². The first kappa shape index (κ1) is 38.7. The Morgan fingerprint density at radius 1 is 0.889 bits per heavy atom. The second-order valence-corrected chi connectivity index (χ2v) is 14.2. The normalized spacial score (nSPS) is 15.8. The third kappa shape index (κ3) is 10.0. The van der Waals surface area contributed by atoms with Gasteiger partial charge in [-0.3, -0.25) is 18.9 Å². The number of halogens is 2. The first-order valence-electron chi connectivity index (χ1n) is 15.7. The van der Waals surface area contributed by atoms with E-state index in [1.54, 1.807) is 18.2 Å². The fraction of sp³-hybridized carbons (Fsp3) is 0.559. The van der Waals surface area contributed by atoms with Crippen molar-refractivity contribution < 1.29 is 37.2 Å². The largest absolute Gasteiger partial charge is 0.481 e.